The molecule has 0 amide bonds. The third-order valence-electron chi connectivity index (χ3n) is 6.11. The molecule has 2 heterocycles. The van der Waals surface area contributed by atoms with Gasteiger partial charge < -0.3 is 15.2 Å². The summed E-state index contributed by atoms with van der Waals surface area (Å²) in [5.41, 5.74) is 4.18. The van der Waals surface area contributed by atoms with Crippen LogP contribution in [0, 0.1) is 0 Å². The van der Waals surface area contributed by atoms with Crippen molar-refractivity contribution in [2.75, 3.05) is 4.90 Å². The lowest BCUT2D eigenvalue weighted by atomic mass is 10.0. The quantitative estimate of drug-likeness (QED) is 0.356. The average Bonchev–Trinajstić information content (AvgIpc) is 3.22. The molecule has 1 atom stereocenters. The van der Waals surface area contributed by atoms with Crippen molar-refractivity contribution in [1.29, 1.82) is 0 Å². The molecule has 2 aromatic carbocycles. The molecule has 1 saturated carbocycles. The van der Waals surface area contributed by atoms with Gasteiger partial charge in [-0.1, -0.05) is 64.1 Å². The van der Waals surface area contributed by atoms with Crippen LogP contribution in [0.5, 0.6) is 0 Å². The second kappa shape index (κ2) is 8.79. The van der Waals surface area contributed by atoms with Gasteiger partial charge in [-0.3, -0.25) is 4.99 Å². The Kier molecular flexibility index (Phi) is 5.89. The third-order valence-corrected chi connectivity index (χ3v) is 7.03. The minimum absolute atomic E-state index is 0.0649. The summed E-state index contributed by atoms with van der Waals surface area (Å²) in [7, 11) is 0. The summed E-state index contributed by atoms with van der Waals surface area (Å²) in [6.45, 7) is 4.35. The largest absolute Gasteiger partial charge is 0.345 e. The highest BCUT2D eigenvalue weighted by Gasteiger charge is 2.36. The fourth-order valence-electron chi connectivity index (χ4n) is 4.66. The maximum Gasteiger partial charge on any atom is 0.130 e. The molecule has 3 aromatic rings. The first kappa shape index (κ1) is 20.8. The molecule has 1 aliphatic heterocycles. The van der Waals surface area contributed by atoms with E-state index in [4.69, 9.17) is 4.99 Å². The topological polar surface area (TPSA) is 56.3 Å². The van der Waals surface area contributed by atoms with Gasteiger partial charge in [-0.2, -0.15) is 0 Å². The minimum Gasteiger partial charge on any atom is -0.345 e. The molecule has 2 fully saturated rings. The molecule has 0 spiro atoms. The van der Waals surface area contributed by atoms with Crippen LogP contribution in [0.15, 0.2) is 69.1 Å². The molecule has 2 aliphatic rings. The van der Waals surface area contributed by atoms with Gasteiger partial charge in [0.15, 0.2) is 0 Å². The second-order valence-electron chi connectivity index (χ2n) is 8.31. The van der Waals surface area contributed by atoms with Crippen LogP contribution in [-0.4, -0.2) is 21.8 Å². The van der Waals surface area contributed by atoms with Gasteiger partial charge in [-0.25, -0.2) is 4.98 Å². The molecule has 1 aromatic heterocycles. The molecule has 31 heavy (non-hydrogen) atoms. The first-order chi connectivity index (χ1) is 15.1. The van der Waals surface area contributed by atoms with E-state index in [0.717, 1.165) is 55.7 Å². The zero-order valence-corrected chi connectivity index (χ0v) is 20.4. The second-order valence-corrected chi connectivity index (χ2v) is 10.1. The Balaban J connectivity index is 1.60. The molecule has 5 nitrogen and oxygen atoms in total. The predicted molar refractivity (Wildman–Crippen MR) is 134 cm³/mol. The van der Waals surface area contributed by atoms with Gasteiger partial charge in [0.25, 0.3) is 0 Å². The monoisotopic (exact) mass is 541 g/mol. The fourth-order valence-corrected chi connectivity index (χ4v) is 5.99. The summed E-state index contributed by atoms with van der Waals surface area (Å²) in [5.74, 6) is 1.82. The smallest absolute Gasteiger partial charge is 0.130 e. The number of rotatable bonds is 3. The number of anilines is 1. The molecular formula is C24H25Br2N5. The normalized spacial score (nSPS) is 21.6. The van der Waals surface area contributed by atoms with E-state index in [1.165, 1.54) is 25.7 Å². The zero-order valence-electron chi connectivity index (χ0n) is 17.2. The van der Waals surface area contributed by atoms with Crippen LogP contribution in [0.1, 0.15) is 50.1 Å². The maximum absolute atomic E-state index is 5.24. The van der Waals surface area contributed by atoms with E-state index in [1.54, 1.807) is 6.33 Å². The number of aromatic nitrogens is 2. The van der Waals surface area contributed by atoms with Crippen LogP contribution >= 0.6 is 31.9 Å². The summed E-state index contributed by atoms with van der Waals surface area (Å²) in [6, 6.07) is 13.0. The molecule has 0 radical (unpaired) electrons. The molecule has 2 N–H and O–H groups in total. The Labute approximate surface area is 199 Å². The Morgan fingerprint density at radius 3 is 2.48 bits per heavy atom. The van der Waals surface area contributed by atoms with Crippen molar-refractivity contribution >= 4 is 54.4 Å². The number of H-pyrrole nitrogens is 1. The van der Waals surface area contributed by atoms with E-state index < -0.39 is 0 Å². The zero-order chi connectivity index (χ0) is 21.4. The molecule has 5 rings (SSSR count). The highest BCUT2D eigenvalue weighted by atomic mass is 79.9. The fraction of sp³-hybridized carbons (Fsp3) is 0.333. The van der Waals surface area contributed by atoms with E-state index >= 15 is 0 Å². The standard InChI is InChI=1S/C24H25Br2N5/c1-15-29-24(30-19-6-4-2-3-5-7-19)23(16-10-17(25)12-18(26)11-16)31(15)20-8-9-21-22(13-20)28-14-27-21/h8-14,19,23H,1-7H2,(H,27,28)(H,29,30). The van der Waals surface area contributed by atoms with Crippen LogP contribution in [0.25, 0.3) is 11.0 Å². The van der Waals surface area contributed by atoms with Gasteiger partial charge in [-0.15, -0.1) is 0 Å². The number of nitrogens with zero attached hydrogens (tertiary/aromatic N) is 3. The van der Waals surface area contributed by atoms with Crippen LogP contribution in [-0.2, 0) is 0 Å². The van der Waals surface area contributed by atoms with Gasteiger partial charge in [0, 0.05) is 14.6 Å². The van der Waals surface area contributed by atoms with Crippen molar-refractivity contribution in [2.24, 2.45) is 4.99 Å². The van der Waals surface area contributed by atoms with E-state index in [9.17, 15) is 0 Å². The van der Waals surface area contributed by atoms with Gasteiger partial charge in [0.05, 0.1) is 23.4 Å². The van der Waals surface area contributed by atoms with Crippen molar-refractivity contribution in [1.82, 2.24) is 15.3 Å². The van der Waals surface area contributed by atoms with Gasteiger partial charge in [0.2, 0.25) is 0 Å². The van der Waals surface area contributed by atoms with E-state index in [-0.39, 0.29) is 6.04 Å². The Hall–Kier alpha value is -2.12. The van der Waals surface area contributed by atoms with Gasteiger partial charge in [0.1, 0.15) is 17.7 Å². The summed E-state index contributed by atoms with van der Waals surface area (Å²) in [6.07, 6.45) is 9.21. The number of aliphatic imine (C=N–C) groups is 1. The van der Waals surface area contributed by atoms with E-state index in [2.05, 4.69) is 89.0 Å². The summed E-state index contributed by atoms with van der Waals surface area (Å²) >= 11 is 7.33. The lowest BCUT2D eigenvalue weighted by Gasteiger charge is -2.26. The number of hydrogen-bond acceptors (Lipinski definition) is 3. The molecule has 1 unspecified atom stereocenters. The van der Waals surface area contributed by atoms with Crippen molar-refractivity contribution in [3.8, 4) is 0 Å². The summed E-state index contributed by atoms with van der Waals surface area (Å²) < 4.78 is 2.07. The Morgan fingerprint density at radius 2 is 1.74 bits per heavy atom. The third kappa shape index (κ3) is 4.30. The van der Waals surface area contributed by atoms with Crippen molar-refractivity contribution in [3.05, 3.63) is 69.6 Å². The molecular weight excluding hydrogens is 518 g/mol. The summed E-state index contributed by atoms with van der Waals surface area (Å²) in [5, 5.41) is 3.52. The van der Waals surface area contributed by atoms with Crippen molar-refractivity contribution in [3.63, 3.8) is 0 Å². The van der Waals surface area contributed by atoms with E-state index in [0.29, 0.717) is 6.04 Å². The lowest BCUT2D eigenvalue weighted by Crippen LogP contribution is -2.25. The molecule has 0 bridgehead atoms. The molecule has 160 valence electrons. The number of imidazole rings is 1. The number of nitrogens with one attached hydrogen (secondary N) is 2. The summed E-state index contributed by atoms with van der Waals surface area (Å²) in [4.78, 5) is 15.1. The first-order valence-corrected chi connectivity index (χ1v) is 12.4. The maximum atomic E-state index is 5.24. The van der Waals surface area contributed by atoms with Crippen molar-refractivity contribution < 1.29 is 0 Å². The average molecular weight is 543 g/mol. The predicted octanol–water partition coefficient (Wildman–Crippen LogP) is 6.83. The number of halogens is 2. The number of fused-ring (bicyclic) bond motifs is 1. The SMILES string of the molecule is C=C1N/C(=N\C2CCCCCC2)C(c2cc(Br)cc(Br)c2)N1c1ccc2nc[nH]c2c1. The number of amidine groups is 1. The van der Waals surface area contributed by atoms with Crippen LogP contribution in [0.3, 0.4) is 0 Å². The van der Waals surface area contributed by atoms with Crippen LogP contribution in [0.4, 0.5) is 5.69 Å². The minimum atomic E-state index is -0.0649. The number of benzene rings is 2. The highest BCUT2D eigenvalue weighted by Crippen LogP contribution is 2.38. The van der Waals surface area contributed by atoms with Gasteiger partial charge in [-0.05, 0) is 54.8 Å². The van der Waals surface area contributed by atoms with Crippen LogP contribution in [0.2, 0.25) is 0 Å². The molecule has 1 saturated heterocycles. The number of aromatic amines is 1. The Bertz CT molecular complexity index is 1120. The first-order valence-electron chi connectivity index (χ1n) is 10.8. The molecule has 1 aliphatic carbocycles. The van der Waals surface area contributed by atoms with Crippen LogP contribution < -0.4 is 10.2 Å². The van der Waals surface area contributed by atoms with E-state index in [1.807, 2.05) is 6.07 Å². The highest BCUT2D eigenvalue weighted by molar-refractivity contribution is 9.11. The molecule has 7 heteroatoms. The van der Waals surface area contributed by atoms with Crippen molar-refractivity contribution in [2.45, 2.75) is 50.6 Å². The lowest BCUT2D eigenvalue weighted by molar-refractivity contribution is 0.582. The Morgan fingerprint density at radius 1 is 1.00 bits per heavy atom. The number of hydrogen-bond donors (Lipinski definition) is 2. The van der Waals surface area contributed by atoms with Gasteiger partial charge >= 0.3 is 0 Å².